The fourth-order valence-corrected chi connectivity index (χ4v) is 3.28. The molecule has 0 aliphatic carbocycles. The molecule has 0 saturated carbocycles. The van der Waals surface area contributed by atoms with Crippen LogP contribution in [0.25, 0.3) is 11.0 Å². The first-order valence-corrected chi connectivity index (χ1v) is 7.86. The Labute approximate surface area is 129 Å². The van der Waals surface area contributed by atoms with E-state index in [1.54, 1.807) is 4.90 Å². The minimum absolute atomic E-state index is 0.264. The second-order valence-electron chi connectivity index (χ2n) is 6.52. The van der Waals surface area contributed by atoms with Crippen molar-refractivity contribution in [1.29, 1.82) is 0 Å². The van der Waals surface area contributed by atoms with Crippen molar-refractivity contribution in [3.05, 3.63) is 39.2 Å². The van der Waals surface area contributed by atoms with Crippen molar-refractivity contribution < 1.29 is 19.3 Å². The highest BCUT2D eigenvalue weighted by Crippen LogP contribution is 2.31. The average Bonchev–Trinajstić information content (AvgIpc) is 2.48. The minimum atomic E-state index is -0.368. The SMILES string of the molecule is Cc1cc(=O)oc2c(C)c(O)c(C[NH+]3CC[NH+](C)CC3)cc12. The third-order valence-corrected chi connectivity index (χ3v) is 4.78. The summed E-state index contributed by atoms with van der Waals surface area (Å²) in [4.78, 5) is 14.6. The maximum Gasteiger partial charge on any atom is 0.336 e. The van der Waals surface area contributed by atoms with Gasteiger partial charge in [-0.15, -0.1) is 0 Å². The predicted octanol–water partition coefficient (Wildman–Crippen LogP) is -0.971. The van der Waals surface area contributed by atoms with Crippen molar-refractivity contribution in [2.75, 3.05) is 33.2 Å². The molecule has 2 aromatic rings. The minimum Gasteiger partial charge on any atom is -0.507 e. The van der Waals surface area contributed by atoms with E-state index in [2.05, 4.69) is 7.05 Å². The van der Waals surface area contributed by atoms with Gasteiger partial charge in [0.15, 0.2) is 0 Å². The van der Waals surface area contributed by atoms with Crippen LogP contribution in [0.3, 0.4) is 0 Å². The van der Waals surface area contributed by atoms with Crippen LogP contribution in [0.4, 0.5) is 0 Å². The van der Waals surface area contributed by atoms with Gasteiger partial charge in [-0.1, -0.05) is 0 Å². The zero-order valence-electron chi connectivity index (χ0n) is 13.5. The number of aromatic hydroxyl groups is 1. The summed E-state index contributed by atoms with van der Waals surface area (Å²) >= 11 is 0. The Kier molecular flexibility index (Phi) is 3.93. The van der Waals surface area contributed by atoms with Crippen molar-refractivity contribution in [3.8, 4) is 5.75 Å². The highest BCUT2D eigenvalue weighted by Gasteiger charge is 2.23. The number of phenolic OH excluding ortho intramolecular Hbond substituents is 1. The van der Waals surface area contributed by atoms with E-state index in [9.17, 15) is 9.90 Å². The zero-order chi connectivity index (χ0) is 15.9. The first-order valence-electron chi connectivity index (χ1n) is 7.86. The van der Waals surface area contributed by atoms with Gasteiger partial charge in [0.25, 0.3) is 0 Å². The van der Waals surface area contributed by atoms with E-state index in [0.717, 1.165) is 49.2 Å². The molecule has 1 fully saturated rings. The van der Waals surface area contributed by atoms with Crippen molar-refractivity contribution in [3.63, 3.8) is 0 Å². The second kappa shape index (κ2) is 5.74. The van der Waals surface area contributed by atoms with E-state index in [4.69, 9.17) is 4.42 Å². The summed E-state index contributed by atoms with van der Waals surface area (Å²) in [6.07, 6.45) is 0. The normalized spacial score (nSPS) is 22.1. The smallest absolute Gasteiger partial charge is 0.336 e. The van der Waals surface area contributed by atoms with Gasteiger partial charge in [-0.2, -0.15) is 0 Å². The van der Waals surface area contributed by atoms with Gasteiger partial charge in [0.05, 0.1) is 7.05 Å². The van der Waals surface area contributed by atoms with Crippen LogP contribution in [0.2, 0.25) is 0 Å². The van der Waals surface area contributed by atoms with E-state index >= 15 is 0 Å². The van der Waals surface area contributed by atoms with Crippen LogP contribution < -0.4 is 15.4 Å². The van der Waals surface area contributed by atoms with Crippen molar-refractivity contribution in [2.24, 2.45) is 0 Å². The predicted molar refractivity (Wildman–Crippen MR) is 84.6 cm³/mol. The maximum atomic E-state index is 11.5. The molecule has 0 bridgehead atoms. The molecule has 5 nitrogen and oxygen atoms in total. The van der Waals surface area contributed by atoms with Crippen LogP contribution in [0.15, 0.2) is 21.3 Å². The first kappa shape index (κ1) is 15.1. The zero-order valence-corrected chi connectivity index (χ0v) is 13.5. The summed E-state index contributed by atoms with van der Waals surface area (Å²) in [5.41, 5.74) is 2.63. The summed E-state index contributed by atoms with van der Waals surface area (Å²) < 4.78 is 5.29. The van der Waals surface area contributed by atoms with Gasteiger partial charge in [-0.05, 0) is 25.5 Å². The number of nitrogens with one attached hydrogen (secondary N) is 2. The summed E-state index contributed by atoms with van der Waals surface area (Å²) in [7, 11) is 2.22. The van der Waals surface area contributed by atoms with Crippen molar-refractivity contribution in [1.82, 2.24) is 0 Å². The maximum absolute atomic E-state index is 11.5. The van der Waals surface area contributed by atoms with Gasteiger partial charge >= 0.3 is 5.63 Å². The third-order valence-electron chi connectivity index (χ3n) is 4.78. The summed E-state index contributed by atoms with van der Waals surface area (Å²) in [6.45, 7) is 9.09. The van der Waals surface area contributed by atoms with Gasteiger partial charge in [-0.3, -0.25) is 0 Å². The van der Waals surface area contributed by atoms with Crippen LogP contribution in [0.1, 0.15) is 16.7 Å². The highest BCUT2D eigenvalue weighted by atomic mass is 16.4. The van der Waals surface area contributed by atoms with Gasteiger partial charge in [-0.25, -0.2) is 4.79 Å². The molecule has 0 atom stereocenters. The van der Waals surface area contributed by atoms with E-state index in [-0.39, 0.29) is 11.4 Å². The molecule has 1 aliphatic rings. The highest BCUT2D eigenvalue weighted by molar-refractivity contribution is 5.85. The lowest BCUT2D eigenvalue weighted by Crippen LogP contribution is -3.26. The van der Waals surface area contributed by atoms with E-state index < -0.39 is 0 Å². The van der Waals surface area contributed by atoms with Crippen molar-refractivity contribution >= 4 is 11.0 Å². The fraction of sp³-hybridized carbons (Fsp3) is 0.471. The average molecular weight is 304 g/mol. The van der Waals surface area contributed by atoms with Crippen LogP contribution >= 0.6 is 0 Å². The quantitative estimate of drug-likeness (QED) is 0.626. The Morgan fingerprint density at radius 2 is 1.86 bits per heavy atom. The number of fused-ring (bicyclic) bond motifs is 1. The monoisotopic (exact) mass is 304 g/mol. The summed E-state index contributed by atoms with van der Waals surface area (Å²) in [6, 6.07) is 3.49. The Morgan fingerprint density at radius 3 is 2.55 bits per heavy atom. The van der Waals surface area contributed by atoms with Gasteiger partial charge in [0.1, 0.15) is 44.1 Å². The Bertz CT molecular complexity index is 759. The summed E-state index contributed by atoms with van der Waals surface area (Å²) in [5, 5.41) is 11.4. The fourth-order valence-electron chi connectivity index (χ4n) is 3.28. The lowest BCUT2D eigenvalue weighted by atomic mass is 10.0. The van der Waals surface area contributed by atoms with E-state index in [0.29, 0.717) is 11.1 Å². The number of piperazine rings is 1. The molecule has 118 valence electrons. The number of benzene rings is 1. The van der Waals surface area contributed by atoms with Crippen LogP contribution in [-0.2, 0) is 6.54 Å². The molecule has 0 spiro atoms. The molecule has 22 heavy (non-hydrogen) atoms. The van der Waals surface area contributed by atoms with Crippen LogP contribution in [0, 0.1) is 13.8 Å². The molecule has 5 heteroatoms. The lowest BCUT2D eigenvalue weighted by Gasteiger charge is -2.27. The Hall–Kier alpha value is -1.85. The molecule has 3 N–H and O–H groups in total. The molecule has 1 aliphatic heterocycles. The molecular weight excluding hydrogens is 280 g/mol. The number of quaternary nitrogens is 2. The number of aryl methyl sites for hydroxylation is 2. The van der Waals surface area contributed by atoms with Gasteiger partial charge in [0.2, 0.25) is 0 Å². The Balaban J connectivity index is 2.00. The van der Waals surface area contributed by atoms with E-state index in [1.807, 2.05) is 19.9 Å². The lowest BCUT2D eigenvalue weighted by molar-refractivity contribution is -1.01. The molecule has 0 amide bonds. The van der Waals surface area contributed by atoms with Crippen molar-refractivity contribution in [2.45, 2.75) is 20.4 Å². The molecule has 0 radical (unpaired) electrons. The molecule has 1 aromatic heterocycles. The molecule has 0 unspecified atom stereocenters. The number of likely N-dealkylation sites (N-methyl/N-ethyl adjacent to an activating group) is 1. The van der Waals surface area contributed by atoms with Gasteiger partial charge < -0.3 is 19.3 Å². The van der Waals surface area contributed by atoms with Gasteiger partial charge in [0, 0.05) is 22.6 Å². The molecule has 1 saturated heterocycles. The molecular formula is C17H24N2O3+2. The largest absolute Gasteiger partial charge is 0.507 e. The number of rotatable bonds is 2. The topological polar surface area (TPSA) is 59.3 Å². The standard InChI is InChI=1S/C17H22N2O3/c1-11-8-15(20)22-17-12(2)16(21)13(9-14(11)17)10-19-6-4-18(3)5-7-19/h8-9,21H,4-7,10H2,1-3H3/p+2. The number of hydrogen-bond donors (Lipinski definition) is 3. The second-order valence-corrected chi connectivity index (χ2v) is 6.52. The number of phenols is 1. The molecule has 2 heterocycles. The Morgan fingerprint density at radius 1 is 1.18 bits per heavy atom. The number of hydrogen-bond acceptors (Lipinski definition) is 3. The van der Waals surface area contributed by atoms with E-state index in [1.165, 1.54) is 11.0 Å². The third kappa shape index (κ3) is 2.74. The van der Waals surface area contributed by atoms with Crippen LogP contribution in [0.5, 0.6) is 5.75 Å². The molecule has 1 aromatic carbocycles. The first-order chi connectivity index (χ1) is 10.5. The summed E-state index contributed by atoms with van der Waals surface area (Å²) in [5.74, 6) is 0.264. The van der Waals surface area contributed by atoms with Crippen LogP contribution in [-0.4, -0.2) is 38.3 Å². The molecule has 3 rings (SSSR count).